The number of hydrogen-bond acceptors (Lipinski definition) is 22. The van der Waals surface area contributed by atoms with E-state index < -0.39 is 170 Å². The molecule has 14 N–H and O–H groups in total. The molecule has 2 aromatic heterocycles. The number of amides is 6. The van der Waals surface area contributed by atoms with E-state index in [1.807, 2.05) is 26.8 Å². The molecule has 4 aromatic rings. The number of nitrogens with zero attached hydrogens (tertiary/aromatic N) is 4. The highest BCUT2D eigenvalue weighted by Gasteiger charge is 2.61. The van der Waals surface area contributed by atoms with Crippen molar-refractivity contribution in [1.82, 2.24) is 51.0 Å². The molecule has 3 fully saturated rings. The summed E-state index contributed by atoms with van der Waals surface area (Å²) in [6.07, 6.45) is -9.96. The summed E-state index contributed by atoms with van der Waals surface area (Å²) in [5.74, 6) is -15.2. The maximum Gasteiger partial charge on any atom is 0.351 e. The summed E-state index contributed by atoms with van der Waals surface area (Å²) in [5, 5.41) is 52.6. The van der Waals surface area contributed by atoms with E-state index in [9.17, 15) is 85.3 Å². The van der Waals surface area contributed by atoms with Crippen molar-refractivity contribution in [2.45, 2.75) is 159 Å². The maximum atomic E-state index is 14.8. The van der Waals surface area contributed by atoms with Gasteiger partial charge in [0.2, 0.25) is 47.9 Å². The SMILES string of the molecule is C=C(C)C(=O)NCC(=O)NC(Cc1ccccc1)C(=O)NC(CC(C)C)C(=O)CCC(=O)O.C=C(C)C(=O)NCC(=O)NC(Cc1ccccc1)C(=O)NC1CC(C)CC(CC(=O)OC[C@@H]2OC(n3ccc(N)nc3=O)C(F)(F)C2O)C1=O.Nc1ccn(C2O[C@H](CO)C(O)C2(F)F)c(=O)n1. The van der Waals surface area contributed by atoms with Crippen LogP contribution in [-0.4, -0.2) is 185 Å². The number of esters is 1. The summed E-state index contributed by atoms with van der Waals surface area (Å²) >= 11 is 0. The number of carbonyl (C=O) groups is 10. The number of ether oxygens (including phenoxy) is 3. The first-order chi connectivity index (χ1) is 47.4. The molecule has 6 amide bonds. The van der Waals surface area contributed by atoms with Crippen LogP contribution in [0.3, 0.4) is 0 Å². The van der Waals surface area contributed by atoms with E-state index >= 15 is 0 Å². The van der Waals surface area contributed by atoms with Crippen LogP contribution in [0.5, 0.6) is 0 Å². The number of Topliss-reactive ketones (excluding diaryl/α,β-unsaturated/α-hetero) is 2. The molecule has 3 aliphatic rings. The Morgan fingerprint density at radius 1 is 0.673 bits per heavy atom. The number of nitrogens with two attached hydrogens (primary N) is 2. The zero-order valence-corrected chi connectivity index (χ0v) is 55.9. The second-order valence-electron chi connectivity index (χ2n) is 24.8. The quantitative estimate of drug-likeness (QED) is 0.0197. The summed E-state index contributed by atoms with van der Waals surface area (Å²) in [6, 6.07) is 16.1. The van der Waals surface area contributed by atoms with Crippen LogP contribution in [0.4, 0.5) is 29.2 Å². The average Bonchev–Trinajstić information content (AvgIpc) is 1.63. The fourth-order valence-electron chi connectivity index (χ4n) is 10.6. The van der Waals surface area contributed by atoms with Gasteiger partial charge in [-0.05, 0) is 68.2 Å². The number of aliphatic carboxylic acids is 1. The van der Waals surface area contributed by atoms with Crippen LogP contribution in [-0.2, 0) is 75.0 Å². The van der Waals surface area contributed by atoms with E-state index in [1.165, 1.54) is 13.8 Å². The highest BCUT2D eigenvalue weighted by Crippen LogP contribution is 2.43. The van der Waals surface area contributed by atoms with Gasteiger partial charge < -0.3 is 78.0 Å². The summed E-state index contributed by atoms with van der Waals surface area (Å²) < 4.78 is 73.2. The van der Waals surface area contributed by atoms with Gasteiger partial charge in [0.15, 0.2) is 23.8 Å². The Balaban J connectivity index is 0.000000307. The Morgan fingerprint density at radius 2 is 1.13 bits per heavy atom. The molecule has 10 unspecified atom stereocenters. The molecular weight excluding hydrogens is 1340 g/mol. The molecule has 2 saturated heterocycles. The van der Waals surface area contributed by atoms with Crippen molar-refractivity contribution in [3.05, 3.63) is 142 Å². The summed E-state index contributed by atoms with van der Waals surface area (Å²) in [6.45, 7) is 13.3. The molecule has 1 saturated carbocycles. The molecule has 0 bridgehead atoms. The predicted octanol–water partition coefficient (Wildman–Crippen LogP) is 0.255. The monoisotopic (exact) mass is 1420 g/mol. The third-order valence-corrected chi connectivity index (χ3v) is 15.8. The molecule has 31 nitrogen and oxygen atoms in total. The Bertz CT molecular complexity index is 3750. The lowest BCUT2D eigenvalue weighted by Gasteiger charge is -2.33. The van der Waals surface area contributed by atoms with Crippen molar-refractivity contribution in [3.63, 3.8) is 0 Å². The van der Waals surface area contributed by atoms with Gasteiger partial charge in [-0.3, -0.25) is 57.1 Å². The molecule has 2 aromatic carbocycles. The molecular formula is C66H84F4N12O19. The van der Waals surface area contributed by atoms with Crippen molar-refractivity contribution in [2.24, 2.45) is 17.8 Å². The van der Waals surface area contributed by atoms with Gasteiger partial charge in [0, 0.05) is 48.7 Å². The largest absolute Gasteiger partial charge is 0.481 e. The highest BCUT2D eigenvalue weighted by molar-refractivity contribution is 5.98. The van der Waals surface area contributed by atoms with E-state index in [0.29, 0.717) is 15.6 Å². The second kappa shape index (κ2) is 37.4. The Hall–Kier alpha value is -10.1. The van der Waals surface area contributed by atoms with Gasteiger partial charge in [-0.25, -0.2) is 9.59 Å². The van der Waals surface area contributed by atoms with Crippen molar-refractivity contribution >= 4 is 70.6 Å². The fraction of sp³-hybridized carbons (Fsp3) is 0.485. The van der Waals surface area contributed by atoms with Crippen LogP contribution in [0.25, 0.3) is 0 Å². The van der Waals surface area contributed by atoms with Crippen molar-refractivity contribution < 1.29 is 100 Å². The molecule has 1 aliphatic carbocycles. The number of carboxylic acids is 1. The van der Waals surface area contributed by atoms with Crippen LogP contribution >= 0.6 is 0 Å². The van der Waals surface area contributed by atoms with Crippen molar-refractivity contribution in [2.75, 3.05) is 37.8 Å². The molecule has 35 heteroatoms. The van der Waals surface area contributed by atoms with Gasteiger partial charge in [0.05, 0.1) is 44.6 Å². The Labute approximate surface area is 575 Å². The number of carboxylic acid groups (broad SMARTS) is 1. The molecule has 0 spiro atoms. The molecule has 12 atom stereocenters. The lowest BCUT2D eigenvalue weighted by atomic mass is 9.77. The van der Waals surface area contributed by atoms with E-state index in [4.69, 9.17) is 35.9 Å². The number of nitrogens with one attached hydrogen (secondary N) is 6. The number of rotatable bonds is 29. The smallest absolute Gasteiger partial charge is 0.351 e. The number of anilines is 2. The number of nitrogen functional groups attached to an aromatic ring is 2. The molecule has 7 rings (SSSR count). The number of ketones is 2. The Morgan fingerprint density at radius 3 is 1.55 bits per heavy atom. The van der Waals surface area contributed by atoms with E-state index in [1.54, 1.807) is 54.6 Å². The Kier molecular flexibility index (Phi) is 30.2. The first-order valence-electron chi connectivity index (χ1n) is 31.7. The van der Waals surface area contributed by atoms with Gasteiger partial charge in [-0.15, -0.1) is 0 Å². The third-order valence-electron chi connectivity index (χ3n) is 15.8. The standard InChI is InChI=1S/C33H40F2N6O9.C24H33N3O6.C9H11F2N3O4/c1-17(2)29(46)37-15-25(42)38-22(13-19-7-5-4-6-8-19)30(47)39-21-12-18(3)11-20(27(21)44)14-26(43)49-16-23-28(45)33(34,35)31(50-23)41-10-9-24(36)40-32(41)48;1-15(2)12-18(20(28)10-11-22(30)31)27-24(33)19(13-17-8-6-5-7-9-17)26-21(29)14-25-23(32)16(3)4;10-9(11)6(16)4(3-15)18-7(9)14-2-1-5(12)13-8(14)17/h4-10,18,20-23,28,31,45H,1,11-16H2,2-3H3,(H,37,46)(H,38,42)(H,39,47)(H2,36,40,48);5-9,15,18-19H,3,10-14H2,1-2,4H3,(H,25,32)(H,26,29)(H,27,33)(H,30,31);1-2,4,6-7,15-16H,3H2,(H2,12,13,17)/t18?,20?,21?,22?,23-,28?,31?;;4-,6?,7?/m0.1/s1. The first-order valence-corrected chi connectivity index (χ1v) is 31.7. The van der Waals surface area contributed by atoms with E-state index in [0.717, 1.165) is 35.7 Å². The number of hydrogen-bond donors (Lipinski definition) is 12. The minimum atomic E-state index is -3.95. The highest BCUT2D eigenvalue weighted by atomic mass is 19.3. The van der Waals surface area contributed by atoms with Gasteiger partial charge in [0.1, 0.15) is 42.5 Å². The number of aliphatic hydroxyl groups excluding tert-OH is 3. The van der Waals surface area contributed by atoms with Crippen LogP contribution in [0.15, 0.2) is 119 Å². The first kappa shape index (κ1) is 81.6. The molecule has 4 heterocycles. The minimum Gasteiger partial charge on any atom is -0.481 e. The molecule has 0 radical (unpaired) electrons. The summed E-state index contributed by atoms with van der Waals surface area (Å²) in [4.78, 5) is 155. The third kappa shape index (κ3) is 24.1. The summed E-state index contributed by atoms with van der Waals surface area (Å²) in [7, 11) is 0. The van der Waals surface area contributed by atoms with Crippen LogP contribution in [0, 0.1) is 17.8 Å². The molecule has 101 heavy (non-hydrogen) atoms. The van der Waals surface area contributed by atoms with Gasteiger partial charge in [0.25, 0.3) is 0 Å². The van der Waals surface area contributed by atoms with Gasteiger partial charge in [-0.1, -0.05) is 94.6 Å². The minimum absolute atomic E-state index is 0.0728. The average molecular weight is 1430 g/mol. The van der Waals surface area contributed by atoms with Crippen molar-refractivity contribution in [3.8, 4) is 0 Å². The summed E-state index contributed by atoms with van der Waals surface area (Å²) in [5.41, 5.74) is 10.4. The van der Waals surface area contributed by atoms with E-state index in [2.05, 4.69) is 55.0 Å². The topological polar surface area (TPSA) is 473 Å². The zero-order valence-electron chi connectivity index (χ0n) is 55.9. The number of carbonyl (C=O) groups excluding carboxylic acids is 9. The van der Waals surface area contributed by atoms with Crippen LogP contribution < -0.4 is 54.7 Å². The number of aromatic nitrogens is 4. The molecule has 550 valence electrons. The number of halogens is 4. The van der Waals surface area contributed by atoms with Gasteiger partial charge in [-0.2, -0.15) is 27.5 Å². The number of benzene rings is 2. The molecule has 2 aliphatic heterocycles. The fourth-order valence-corrected chi connectivity index (χ4v) is 10.6. The lowest BCUT2D eigenvalue weighted by Crippen LogP contribution is -2.56. The lowest BCUT2D eigenvalue weighted by molar-refractivity contribution is -0.154. The van der Waals surface area contributed by atoms with Crippen molar-refractivity contribution in [1.29, 1.82) is 0 Å². The van der Waals surface area contributed by atoms with Crippen LogP contribution in [0.2, 0.25) is 0 Å². The predicted molar refractivity (Wildman–Crippen MR) is 350 cm³/mol. The second-order valence-corrected chi connectivity index (χ2v) is 24.8. The van der Waals surface area contributed by atoms with E-state index in [-0.39, 0.29) is 85.5 Å². The number of alkyl halides is 4. The normalized spacial score (nSPS) is 21.8. The van der Waals surface area contributed by atoms with Crippen LogP contribution in [0.1, 0.15) is 96.7 Å². The zero-order chi connectivity index (χ0) is 75.2. The van der Waals surface area contributed by atoms with Gasteiger partial charge >= 0.3 is 35.2 Å². The number of aliphatic hydroxyl groups is 3. The maximum absolute atomic E-state index is 14.8.